The molecule has 1 aromatic carbocycles. The quantitative estimate of drug-likeness (QED) is 0.480. The van der Waals surface area contributed by atoms with Gasteiger partial charge in [0.25, 0.3) is 5.69 Å². The third-order valence-corrected chi connectivity index (χ3v) is 3.99. The van der Waals surface area contributed by atoms with Crippen LogP contribution in [-0.2, 0) is 6.54 Å². The summed E-state index contributed by atoms with van der Waals surface area (Å²) in [5, 5.41) is 15.2. The number of nitrogens with zero attached hydrogens (tertiary/aromatic N) is 2. The van der Waals surface area contributed by atoms with Gasteiger partial charge in [0.05, 0.1) is 9.82 Å². The minimum absolute atomic E-state index is 0.112. The zero-order valence-corrected chi connectivity index (χ0v) is 12.6. The predicted octanol–water partition coefficient (Wildman–Crippen LogP) is 3.64. The van der Waals surface area contributed by atoms with Gasteiger partial charge in [-0.05, 0) is 30.7 Å². The van der Waals surface area contributed by atoms with E-state index in [1.54, 1.807) is 24.4 Å². The Morgan fingerprint density at radius 2 is 2.10 bits per heavy atom. The van der Waals surface area contributed by atoms with E-state index in [9.17, 15) is 10.1 Å². The highest BCUT2D eigenvalue weighted by molar-refractivity contribution is 7.99. The number of pyridine rings is 1. The summed E-state index contributed by atoms with van der Waals surface area (Å²) < 4.78 is 0. The molecular formula is C15H17N3O2S. The second-order valence-corrected chi connectivity index (χ2v) is 5.50. The number of nitro groups is 1. The fraction of sp³-hybridized carbons (Fsp3) is 0.267. The molecule has 1 N–H and O–H groups in total. The zero-order chi connectivity index (χ0) is 15.1. The van der Waals surface area contributed by atoms with Crippen molar-refractivity contribution in [3.05, 3.63) is 58.3 Å². The van der Waals surface area contributed by atoms with Crippen LogP contribution in [0.15, 0.2) is 52.5 Å². The van der Waals surface area contributed by atoms with Crippen LogP contribution in [0.2, 0.25) is 0 Å². The Balaban J connectivity index is 2.22. The molecule has 0 aliphatic heterocycles. The largest absolute Gasteiger partial charge is 0.313 e. The maximum Gasteiger partial charge on any atom is 0.283 e. The first-order valence-electron chi connectivity index (χ1n) is 6.78. The average Bonchev–Trinajstić information content (AvgIpc) is 2.49. The lowest BCUT2D eigenvalue weighted by atomic mass is 10.3. The van der Waals surface area contributed by atoms with E-state index in [0.29, 0.717) is 11.4 Å². The van der Waals surface area contributed by atoms with Gasteiger partial charge in [-0.25, -0.2) is 4.98 Å². The Morgan fingerprint density at radius 3 is 2.86 bits per heavy atom. The first-order valence-corrected chi connectivity index (χ1v) is 7.60. The number of benzene rings is 1. The molecule has 0 unspecified atom stereocenters. The highest BCUT2D eigenvalue weighted by Crippen LogP contribution is 2.34. The minimum Gasteiger partial charge on any atom is -0.313 e. The van der Waals surface area contributed by atoms with Crippen LogP contribution in [0.1, 0.15) is 18.9 Å². The molecule has 0 atom stereocenters. The van der Waals surface area contributed by atoms with Crippen molar-refractivity contribution in [3.63, 3.8) is 0 Å². The maximum absolute atomic E-state index is 11.1. The van der Waals surface area contributed by atoms with Gasteiger partial charge < -0.3 is 5.32 Å². The Kier molecular flexibility index (Phi) is 5.71. The first kappa shape index (κ1) is 15.5. The lowest BCUT2D eigenvalue weighted by Gasteiger charge is -2.09. The van der Waals surface area contributed by atoms with Gasteiger partial charge in [0.1, 0.15) is 5.03 Å². The van der Waals surface area contributed by atoms with Crippen molar-refractivity contribution in [2.75, 3.05) is 6.54 Å². The second-order valence-electron chi connectivity index (χ2n) is 4.47. The number of hydrogen-bond donors (Lipinski definition) is 1. The predicted molar refractivity (Wildman–Crippen MR) is 83.5 cm³/mol. The minimum atomic E-state index is -0.361. The van der Waals surface area contributed by atoms with E-state index in [-0.39, 0.29) is 10.6 Å². The Hall–Kier alpha value is -1.92. The summed E-state index contributed by atoms with van der Waals surface area (Å²) in [5.74, 6) is 0. The van der Waals surface area contributed by atoms with Crippen LogP contribution in [0.4, 0.5) is 5.69 Å². The molecule has 21 heavy (non-hydrogen) atoms. The van der Waals surface area contributed by atoms with Crippen molar-refractivity contribution in [1.29, 1.82) is 0 Å². The van der Waals surface area contributed by atoms with E-state index in [1.807, 2.05) is 12.1 Å². The van der Waals surface area contributed by atoms with Crippen molar-refractivity contribution in [1.82, 2.24) is 10.3 Å². The fourth-order valence-corrected chi connectivity index (χ4v) is 2.84. The van der Waals surface area contributed by atoms with Crippen LogP contribution < -0.4 is 5.32 Å². The SMILES string of the molecule is CCCNCc1cccnc1Sc1ccccc1[N+](=O)[O-]. The summed E-state index contributed by atoms with van der Waals surface area (Å²) in [4.78, 5) is 15.7. The highest BCUT2D eigenvalue weighted by Gasteiger charge is 2.15. The molecule has 6 heteroatoms. The summed E-state index contributed by atoms with van der Waals surface area (Å²) in [6.45, 7) is 3.76. The van der Waals surface area contributed by atoms with Gasteiger partial charge in [-0.2, -0.15) is 0 Å². The summed E-state index contributed by atoms with van der Waals surface area (Å²) >= 11 is 1.33. The van der Waals surface area contributed by atoms with Crippen LogP contribution in [0, 0.1) is 10.1 Å². The number of nitrogens with one attached hydrogen (secondary N) is 1. The van der Waals surface area contributed by atoms with E-state index in [0.717, 1.165) is 23.6 Å². The molecule has 0 saturated heterocycles. The standard InChI is InChI=1S/C15H17N3O2S/c1-2-9-16-11-12-6-5-10-17-15(12)21-14-8-4-3-7-13(14)18(19)20/h3-8,10,16H,2,9,11H2,1H3. The molecule has 0 aliphatic carbocycles. The van der Waals surface area contributed by atoms with Crippen LogP contribution in [0.25, 0.3) is 0 Å². The van der Waals surface area contributed by atoms with E-state index in [1.165, 1.54) is 17.8 Å². The molecule has 5 nitrogen and oxygen atoms in total. The molecule has 0 fully saturated rings. The topological polar surface area (TPSA) is 68.1 Å². The fourth-order valence-electron chi connectivity index (χ4n) is 1.85. The highest BCUT2D eigenvalue weighted by atomic mass is 32.2. The second kappa shape index (κ2) is 7.75. The lowest BCUT2D eigenvalue weighted by molar-refractivity contribution is -0.387. The van der Waals surface area contributed by atoms with Crippen molar-refractivity contribution >= 4 is 17.4 Å². The molecule has 0 aliphatic rings. The molecule has 0 bridgehead atoms. The monoisotopic (exact) mass is 303 g/mol. The van der Waals surface area contributed by atoms with Crippen molar-refractivity contribution in [2.24, 2.45) is 0 Å². The summed E-state index contributed by atoms with van der Waals surface area (Å²) in [7, 11) is 0. The lowest BCUT2D eigenvalue weighted by Crippen LogP contribution is -2.14. The molecular weight excluding hydrogens is 286 g/mol. The van der Waals surface area contributed by atoms with Gasteiger partial charge in [-0.15, -0.1) is 0 Å². The molecule has 0 saturated carbocycles. The van der Waals surface area contributed by atoms with Crippen LogP contribution >= 0.6 is 11.8 Å². The molecule has 0 spiro atoms. The molecule has 1 heterocycles. The Bertz CT molecular complexity index is 619. The van der Waals surface area contributed by atoms with Crippen LogP contribution in [-0.4, -0.2) is 16.5 Å². The van der Waals surface area contributed by atoms with E-state index in [2.05, 4.69) is 17.2 Å². The summed E-state index contributed by atoms with van der Waals surface area (Å²) in [5.41, 5.74) is 1.16. The summed E-state index contributed by atoms with van der Waals surface area (Å²) in [6.07, 6.45) is 2.77. The molecule has 2 rings (SSSR count). The van der Waals surface area contributed by atoms with Crippen molar-refractivity contribution in [2.45, 2.75) is 29.8 Å². The Morgan fingerprint density at radius 1 is 1.29 bits per heavy atom. The Labute approximate surface area is 127 Å². The normalized spacial score (nSPS) is 10.5. The van der Waals surface area contributed by atoms with Crippen LogP contribution in [0.5, 0.6) is 0 Å². The molecule has 1 aromatic heterocycles. The number of hydrogen-bond acceptors (Lipinski definition) is 5. The molecule has 0 amide bonds. The van der Waals surface area contributed by atoms with Crippen molar-refractivity contribution in [3.8, 4) is 0 Å². The summed E-state index contributed by atoms with van der Waals surface area (Å²) in [6, 6.07) is 10.6. The zero-order valence-electron chi connectivity index (χ0n) is 11.8. The van der Waals surface area contributed by atoms with Gasteiger partial charge in [0.2, 0.25) is 0 Å². The van der Waals surface area contributed by atoms with Crippen LogP contribution in [0.3, 0.4) is 0 Å². The number of nitro benzene ring substituents is 1. The molecule has 0 radical (unpaired) electrons. The third-order valence-electron chi connectivity index (χ3n) is 2.86. The van der Waals surface area contributed by atoms with Gasteiger partial charge in [0.15, 0.2) is 0 Å². The van der Waals surface area contributed by atoms with Gasteiger partial charge in [-0.3, -0.25) is 10.1 Å². The number of para-hydroxylation sites is 1. The van der Waals surface area contributed by atoms with E-state index < -0.39 is 0 Å². The number of rotatable bonds is 7. The third kappa shape index (κ3) is 4.27. The van der Waals surface area contributed by atoms with Gasteiger partial charge in [0, 0.05) is 18.8 Å². The maximum atomic E-state index is 11.1. The van der Waals surface area contributed by atoms with E-state index in [4.69, 9.17) is 0 Å². The smallest absolute Gasteiger partial charge is 0.283 e. The van der Waals surface area contributed by atoms with Gasteiger partial charge >= 0.3 is 0 Å². The number of aromatic nitrogens is 1. The van der Waals surface area contributed by atoms with Gasteiger partial charge in [-0.1, -0.05) is 36.9 Å². The first-order chi connectivity index (χ1) is 10.2. The van der Waals surface area contributed by atoms with E-state index >= 15 is 0 Å². The molecule has 2 aromatic rings. The van der Waals surface area contributed by atoms with Crippen molar-refractivity contribution < 1.29 is 4.92 Å². The molecule has 110 valence electrons. The average molecular weight is 303 g/mol.